The second-order valence-corrected chi connectivity index (χ2v) is 9.11. The fraction of sp³-hybridized carbons (Fsp3) is 0.720. The van der Waals surface area contributed by atoms with Gasteiger partial charge in [0.1, 0.15) is 0 Å². The van der Waals surface area contributed by atoms with Gasteiger partial charge in [-0.25, -0.2) is 4.79 Å². The molecular weight excluding hydrogens is 332 g/mol. The minimum Gasteiger partial charge on any atom is -0.478 e. The maximum absolute atomic E-state index is 11.4. The van der Waals surface area contributed by atoms with Crippen LogP contribution in [0.15, 0.2) is 18.2 Å². The molecule has 2 nitrogen and oxygen atoms in total. The number of carboxylic acids is 1. The molecule has 0 aromatic heterocycles. The van der Waals surface area contributed by atoms with Crippen LogP contribution in [0.5, 0.6) is 0 Å². The average molecular weight is 371 g/mol. The zero-order valence-corrected chi connectivity index (χ0v) is 17.4. The zero-order chi connectivity index (χ0) is 19.2. The topological polar surface area (TPSA) is 37.3 Å². The Kier molecular flexibility index (Phi) is 7.38. The van der Waals surface area contributed by atoms with Crippen molar-refractivity contribution < 1.29 is 9.90 Å². The van der Waals surface area contributed by atoms with E-state index in [9.17, 15) is 9.90 Å². The molecule has 0 aliphatic heterocycles. The lowest BCUT2D eigenvalue weighted by molar-refractivity contribution is 0.0696. The van der Waals surface area contributed by atoms with Crippen LogP contribution in [0.3, 0.4) is 0 Å². The van der Waals surface area contributed by atoms with Gasteiger partial charge in [0.15, 0.2) is 0 Å². The van der Waals surface area contributed by atoms with Gasteiger partial charge in [-0.15, -0.1) is 0 Å². The van der Waals surface area contributed by atoms with Gasteiger partial charge in [0.25, 0.3) is 0 Å². The highest BCUT2D eigenvalue weighted by molar-refractivity contribution is 5.88. The Morgan fingerprint density at radius 1 is 1.00 bits per heavy atom. The van der Waals surface area contributed by atoms with Crippen molar-refractivity contribution in [3.63, 3.8) is 0 Å². The van der Waals surface area contributed by atoms with Gasteiger partial charge in [-0.3, -0.25) is 0 Å². The van der Waals surface area contributed by atoms with E-state index in [0.717, 1.165) is 24.2 Å². The molecule has 0 heterocycles. The second kappa shape index (κ2) is 9.75. The molecule has 2 aliphatic carbocycles. The summed E-state index contributed by atoms with van der Waals surface area (Å²) in [5.74, 6) is 2.42. The molecule has 3 rings (SSSR count). The van der Waals surface area contributed by atoms with Gasteiger partial charge in [-0.1, -0.05) is 64.9 Å². The molecule has 0 amide bonds. The maximum Gasteiger partial charge on any atom is 0.335 e. The van der Waals surface area contributed by atoms with Gasteiger partial charge in [0.05, 0.1) is 5.56 Å². The molecule has 2 unspecified atom stereocenters. The molecule has 1 aromatic rings. The summed E-state index contributed by atoms with van der Waals surface area (Å²) in [5.41, 5.74) is 3.28. The Morgan fingerprint density at radius 2 is 1.78 bits per heavy atom. The van der Waals surface area contributed by atoms with E-state index in [2.05, 4.69) is 19.9 Å². The standard InChI is InChI=1S/C25H38O2/c1-3-5-6-8-19-13-14-21-17-22(25(26)27)15-16-23(21)24(19)20-11-9-18(7-4-2)10-12-20/h15-20,24H,3-14H2,1-2H3,(H,26,27)/t18-,19?,20-,24?. The van der Waals surface area contributed by atoms with Crippen molar-refractivity contribution in [2.45, 2.75) is 96.8 Å². The number of hydrogen-bond acceptors (Lipinski definition) is 1. The summed E-state index contributed by atoms with van der Waals surface area (Å²) in [6.07, 6.45) is 15.9. The first-order valence-electron chi connectivity index (χ1n) is 11.5. The van der Waals surface area contributed by atoms with E-state index in [-0.39, 0.29) is 0 Å². The third kappa shape index (κ3) is 4.95. The molecular formula is C25H38O2. The summed E-state index contributed by atoms with van der Waals surface area (Å²) in [5, 5.41) is 9.38. The lowest BCUT2D eigenvalue weighted by Crippen LogP contribution is -2.30. The third-order valence-electron chi connectivity index (χ3n) is 7.32. The number of carbonyl (C=O) groups is 1. The highest BCUT2D eigenvalue weighted by atomic mass is 16.4. The molecule has 0 spiro atoms. The van der Waals surface area contributed by atoms with Crippen molar-refractivity contribution in [1.29, 1.82) is 0 Å². The van der Waals surface area contributed by atoms with Crippen LogP contribution in [0.1, 0.15) is 112 Å². The van der Waals surface area contributed by atoms with E-state index in [1.807, 2.05) is 12.1 Å². The van der Waals surface area contributed by atoms with Gasteiger partial charge in [-0.2, -0.15) is 0 Å². The van der Waals surface area contributed by atoms with Crippen LogP contribution in [-0.2, 0) is 6.42 Å². The number of hydrogen-bond donors (Lipinski definition) is 1. The lowest BCUT2D eigenvalue weighted by atomic mass is 9.63. The SMILES string of the molecule is CCCCCC1CCc2cc(C(=O)O)ccc2C1[C@H]1CC[C@H](CCC)CC1. The van der Waals surface area contributed by atoms with Crippen molar-refractivity contribution in [2.24, 2.45) is 17.8 Å². The number of unbranched alkanes of at least 4 members (excludes halogenated alkanes) is 2. The summed E-state index contributed by atoms with van der Waals surface area (Å²) in [7, 11) is 0. The average Bonchev–Trinajstić information content (AvgIpc) is 2.68. The van der Waals surface area contributed by atoms with Crippen LogP contribution in [0.25, 0.3) is 0 Å². The fourth-order valence-corrected chi connectivity index (χ4v) is 5.92. The molecule has 0 radical (unpaired) electrons. The van der Waals surface area contributed by atoms with E-state index in [4.69, 9.17) is 0 Å². The van der Waals surface area contributed by atoms with E-state index in [1.54, 1.807) is 0 Å². The number of aromatic carboxylic acids is 1. The lowest BCUT2D eigenvalue weighted by Gasteiger charge is -2.42. The molecule has 0 saturated heterocycles. The zero-order valence-electron chi connectivity index (χ0n) is 17.4. The van der Waals surface area contributed by atoms with E-state index in [0.29, 0.717) is 11.5 Å². The molecule has 2 heteroatoms. The molecule has 0 bridgehead atoms. The van der Waals surface area contributed by atoms with Crippen LogP contribution >= 0.6 is 0 Å². The summed E-state index contributed by atoms with van der Waals surface area (Å²) >= 11 is 0. The van der Waals surface area contributed by atoms with E-state index >= 15 is 0 Å². The first kappa shape index (κ1) is 20.4. The molecule has 2 atom stereocenters. The third-order valence-corrected chi connectivity index (χ3v) is 7.32. The normalized spacial score (nSPS) is 27.9. The Morgan fingerprint density at radius 3 is 2.44 bits per heavy atom. The highest BCUT2D eigenvalue weighted by Gasteiger charge is 2.36. The Balaban J connectivity index is 1.80. The second-order valence-electron chi connectivity index (χ2n) is 9.11. The van der Waals surface area contributed by atoms with Gasteiger partial charge >= 0.3 is 5.97 Å². The fourth-order valence-electron chi connectivity index (χ4n) is 5.92. The Bertz CT molecular complexity index is 613. The number of aryl methyl sites for hydroxylation is 1. The predicted octanol–water partition coefficient (Wildman–Crippen LogP) is 7.22. The Hall–Kier alpha value is -1.31. The summed E-state index contributed by atoms with van der Waals surface area (Å²) in [4.78, 5) is 11.4. The molecule has 27 heavy (non-hydrogen) atoms. The molecule has 1 fully saturated rings. The molecule has 1 aromatic carbocycles. The smallest absolute Gasteiger partial charge is 0.335 e. The number of benzene rings is 1. The van der Waals surface area contributed by atoms with Crippen molar-refractivity contribution in [2.75, 3.05) is 0 Å². The molecule has 1 saturated carbocycles. The van der Waals surface area contributed by atoms with E-state index in [1.165, 1.54) is 81.8 Å². The highest BCUT2D eigenvalue weighted by Crippen LogP contribution is 2.49. The number of fused-ring (bicyclic) bond motifs is 1. The quantitative estimate of drug-likeness (QED) is 0.490. The monoisotopic (exact) mass is 370 g/mol. The summed E-state index contributed by atoms with van der Waals surface area (Å²) < 4.78 is 0. The van der Waals surface area contributed by atoms with Gasteiger partial charge in [0.2, 0.25) is 0 Å². The first-order chi connectivity index (χ1) is 13.1. The number of carboxylic acid groups (broad SMARTS) is 1. The Labute approximate surface area is 165 Å². The van der Waals surface area contributed by atoms with Gasteiger partial charge in [0, 0.05) is 0 Å². The van der Waals surface area contributed by atoms with Gasteiger partial charge < -0.3 is 5.11 Å². The van der Waals surface area contributed by atoms with E-state index < -0.39 is 5.97 Å². The van der Waals surface area contributed by atoms with Crippen molar-refractivity contribution >= 4 is 5.97 Å². The summed E-state index contributed by atoms with van der Waals surface area (Å²) in [6.45, 7) is 4.60. The van der Waals surface area contributed by atoms with Crippen LogP contribution in [-0.4, -0.2) is 11.1 Å². The molecule has 1 N–H and O–H groups in total. The molecule has 2 aliphatic rings. The predicted molar refractivity (Wildman–Crippen MR) is 112 cm³/mol. The van der Waals surface area contributed by atoms with Crippen molar-refractivity contribution in [3.8, 4) is 0 Å². The minimum absolute atomic E-state index is 0.462. The van der Waals surface area contributed by atoms with Gasteiger partial charge in [-0.05, 0) is 79.0 Å². The number of rotatable bonds is 8. The van der Waals surface area contributed by atoms with Crippen LogP contribution < -0.4 is 0 Å². The van der Waals surface area contributed by atoms with Crippen LogP contribution in [0, 0.1) is 17.8 Å². The first-order valence-corrected chi connectivity index (χ1v) is 11.5. The van der Waals surface area contributed by atoms with Crippen LogP contribution in [0.4, 0.5) is 0 Å². The van der Waals surface area contributed by atoms with Crippen molar-refractivity contribution in [1.82, 2.24) is 0 Å². The van der Waals surface area contributed by atoms with Crippen molar-refractivity contribution in [3.05, 3.63) is 34.9 Å². The summed E-state index contributed by atoms with van der Waals surface area (Å²) in [6, 6.07) is 5.99. The molecule has 150 valence electrons. The minimum atomic E-state index is -0.792. The van der Waals surface area contributed by atoms with Crippen LogP contribution in [0.2, 0.25) is 0 Å². The largest absolute Gasteiger partial charge is 0.478 e. The maximum atomic E-state index is 11.4.